The van der Waals surface area contributed by atoms with Crippen molar-refractivity contribution < 1.29 is 24.2 Å². The maximum atomic E-state index is 11.0. The van der Waals surface area contributed by atoms with Gasteiger partial charge in [-0.05, 0) is 12.0 Å². The zero-order valence-corrected chi connectivity index (χ0v) is 9.37. The molecule has 0 amide bonds. The second-order valence-electron chi connectivity index (χ2n) is 3.03. The van der Waals surface area contributed by atoms with Crippen LogP contribution in [0.15, 0.2) is 5.11 Å². The summed E-state index contributed by atoms with van der Waals surface area (Å²) < 4.78 is 9.76. The summed E-state index contributed by atoms with van der Waals surface area (Å²) in [5, 5.41) is 11.6. The zero-order chi connectivity index (χ0) is 12.9. The number of carbonyl (C=O) groups excluding carboxylic acids is 1. The molecule has 0 saturated heterocycles. The number of carboxylic acid groups (broad SMARTS) is 1. The van der Waals surface area contributed by atoms with E-state index in [0.29, 0.717) is 0 Å². The van der Waals surface area contributed by atoms with Gasteiger partial charge in [0.15, 0.2) is 0 Å². The molecule has 0 atom stereocenters. The van der Waals surface area contributed by atoms with Crippen LogP contribution in [-0.2, 0) is 19.1 Å². The highest BCUT2D eigenvalue weighted by atomic mass is 16.6. The Balaban J connectivity index is 3.27. The lowest BCUT2D eigenvalue weighted by Gasteiger charge is -2.04. The van der Waals surface area contributed by atoms with E-state index in [1.54, 1.807) is 0 Å². The average Bonchev–Trinajstić information content (AvgIpc) is 2.27. The van der Waals surface area contributed by atoms with Crippen LogP contribution in [0.4, 0.5) is 0 Å². The maximum Gasteiger partial charge on any atom is 0.305 e. The van der Waals surface area contributed by atoms with Gasteiger partial charge in [0.1, 0.15) is 6.61 Å². The number of carbonyl (C=O) groups is 2. The van der Waals surface area contributed by atoms with E-state index in [0.717, 1.165) is 0 Å². The number of esters is 1. The van der Waals surface area contributed by atoms with Crippen LogP contribution in [0.3, 0.4) is 0 Å². The number of carboxylic acids is 1. The first-order valence-corrected chi connectivity index (χ1v) is 5.13. The zero-order valence-electron chi connectivity index (χ0n) is 9.37. The van der Waals surface area contributed by atoms with Crippen LogP contribution in [-0.4, -0.2) is 43.4 Å². The fraction of sp³-hybridized carbons (Fsp3) is 0.778. The van der Waals surface area contributed by atoms with Crippen molar-refractivity contribution in [1.82, 2.24) is 0 Å². The molecule has 0 aromatic carbocycles. The van der Waals surface area contributed by atoms with Crippen molar-refractivity contribution in [3.8, 4) is 0 Å². The number of nitrogens with zero attached hydrogens (tertiary/aromatic N) is 3. The molecule has 0 saturated carbocycles. The lowest BCUT2D eigenvalue weighted by molar-refractivity contribution is -0.145. The molecule has 0 aromatic heterocycles. The van der Waals surface area contributed by atoms with E-state index in [4.69, 9.17) is 20.1 Å². The molecule has 8 heteroatoms. The van der Waals surface area contributed by atoms with Crippen LogP contribution in [0.25, 0.3) is 10.4 Å². The Hall–Kier alpha value is -1.79. The highest BCUT2D eigenvalue weighted by Gasteiger charge is 2.04. The van der Waals surface area contributed by atoms with Crippen LogP contribution in [0, 0.1) is 0 Å². The van der Waals surface area contributed by atoms with E-state index in [2.05, 4.69) is 10.0 Å². The fourth-order valence-corrected chi connectivity index (χ4v) is 0.923. The molecule has 8 nitrogen and oxygen atoms in total. The predicted molar refractivity (Wildman–Crippen MR) is 57.3 cm³/mol. The Morgan fingerprint density at radius 1 is 1.24 bits per heavy atom. The Morgan fingerprint density at radius 3 is 2.65 bits per heavy atom. The maximum absolute atomic E-state index is 11.0. The van der Waals surface area contributed by atoms with Crippen LogP contribution < -0.4 is 0 Å². The summed E-state index contributed by atoms with van der Waals surface area (Å²) in [5.41, 5.74) is 7.95. The first kappa shape index (κ1) is 15.2. The minimum absolute atomic E-state index is 0.0439. The van der Waals surface area contributed by atoms with E-state index in [1.165, 1.54) is 0 Å². The monoisotopic (exact) mass is 245 g/mol. The number of ether oxygens (including phenoxy) is 2. The predicted octanol–water partition coefficient (Wildman–Crippen LogP) is 1.11. The highest BCUT2D eigenvalue weighted by molar-refractivity contribution is 5.71. The first-order chi connectivity index (χ1) is 8.16. The van der Waals surface area contributed by atoms with Gasteiger partial charge in [-0.2, -0.15) is 0 Å². The van der Waals surface area contributed by atoms with Gasteiger partial charge in [0.05, 0.1) is 13.2 Å². The largest absolute Gasteiger partial charge is 0.481 e. The van der Waals surface area contributed by atoms with E-state index in [-0.39, 0.29) is 45.6 Å². The quantitative estimate of drug-likeness (QED) is 0.203. The molecule has 0 aliphatic rings. The molecule has 0 aliphatic heterocycles. The lowest BCUT2D eigenvalue weighted by atomic mass is 10.2. The van der Waals surface area contributed by atoms with E-state index >= 15 is 0 Å². The molecular weight excluding hydrogens is 230 g/mol. The molecule has 96 valence electrons. The molecular formula is C9H15N3O5. The van der Waals surface area contributed by atoms with Gasteiger partial charge in [0, 0.05) is 24.3 Å². The third-order valence-electron chi connectivity index (χ3n) is 1.66. The van der Waals surface area contributed by atoms with E-state index in [1.807, 2.05) is 0 Å². The average molecular weight is 245 g/mol. The molecule has 0 fully saturated rings. The Bertz CT molecular complexity index is 288. The minimum atomic E-state index is -0.931. The molecule has 0 spiro atoms. The van der Waals surface area contributed by atoms with Crippen molar-refractivity contribution in [2.45, 2.75) is 19.3 Å². The highest BCUT2D eigenvalue weighted by Crippen LogP contribution is 1.97. The molecule has 0 rings (SSSR count). The van der Waals surface area contributed by atoms with Crippen molar-refractivity contribution >= 4 is 11.9 Å². The van der Waals surface area contributed by atoms with Crippen molar-refractivity contribution in [3.63, 3.8) is 0 Å². The normalized spacial score (nSPS) is 9.41. The number of hydrogen-bond donors (Lipinski definition) is 1. The standard InChI is InChI=1S/C9H15N3O5/c10-12-11-4-5-16-6-7-17-9(15)3-1-2-8(13)14/h1-7H2,(H,13,14). The molecule has 0 aliphatic carbocycles. The topological polar surface area (TPSA) is 122 Å². The second-order valence-corrected chi connectivity index (χ2v) is 3.03. The van der Waals surface area contributed by atoms with Crippen LogP contribution in [0.2, 0.25) is 0 Å². The van der Waals surface area contributed by atoms with Gasteiger partial charge >= 0.3 is 11.9 Å². The molecule has 0 aromatic rings. The summed E-state index contributed by atoms with van der Waals surface area (Å²) in [6, 6.07) is 0. The summed E-state index contributed by atoms with van der Waals surface area (Å²) in [4.78, 5) is 23.7. The van der Waals surface area contributed by atoms with Gasteiger partial charge in [-0.15, -0.1) is 0 Å². The smallest absolute Gasteiger partial charge is 0.305 e. The summed E-state index contributed by atoms with van der Waals surface area (Å²) in [7, 11) is 0. The SMILES string of the molecule is [N-]=[N+]=NCCOCCOC(=O)CCCC(=O)O. The fourth-order valence-electron chi connectivity index (χ4n) is 0.923. The Morgan fingerprint density at radius 2 is 2.00 bits per heavy atom. The van der Waals surface area contributed by atoms with Gasteiger partial charge in [0.2, 0.25) is 0 Å². The first-order valence-electron chi connectivity index (χ1n) is 5.13. The van der Waals surface area contributed by atoms with Gasteiger partial charge in [-0.3, -0.25) is 9.59 Å². The van der Waals surface area contributed by atoms with Gasteiger partial charge < -0.3 is 14.6 Å². The number of azide groups is 1. The van der Waals surface area contributed by atoms with Crippen LogP contribution in [0.5, 0.6) is 0 Å². The summed E-state index contributed by atoms with van der Waals surface area (Å²) >= 11 is 0. The van der Waals surface area contributed by atoms with Gasteiger partial charge in [-0.1, -0.05) is 5.11 Å². The summed E-state index contributed by atoms with van der Waals surface area (Å²) in [6.45, 7) is 0.859. The number of hydrogen-bond acceptors (Lipinski definition) is 5. The molecule has 0 bridgehead atoms. The number of aliphatic carboxylic acids is 1. The molecule has 0 heterocycles. The molecule has 1 N–H and O–H groups in total. The van der Waals surface area contributed by atoms with Crippen LogP contribution in [0.1, 0.15) is 19.3 Å². The Kier molecular flexibility index (Phi) is 9.59. The second kappa shape index (κ2) is 10.7. The van der Waals surface area contributed by atoms with E-state index in [9.17, 15) is 9.59 Å². The number of rotatable bonds is 10. The third-order valence-corrected chi connectivity index (χ3v) is 1.66. The molecule has 17 heavy (non-hydrogen) atoms. The van der Waals surface area contributed by atoms with Crippen molar-refractivity contribution in [2.24, 2.45) is 5.11 Å². The van der Waals surface area contributed by atoms with Gasteiger partial charge in [-0.25, -0.2) is 0 Å². The van der Waals surface area contributed by atoms with Gasteiger partial charge in [0.25, 0.3) is 0 Å². The van der Waals surface area contributed by atoms with Crippen LogP contribution >= 0.6 is 0 Å². The third kappa shape index (κ3) is 12.1. The molecule has 0 unspecified atom stereocenters. The Labute approximate surface area is 98.1 Å². The van der Waals surface area contributed by atoms with Crippen molar-refractivity contribution in [2.75, 3.05) is 26.4 Å². The van der Waals surface area contributed by atoms with E-state index < -0.39 is 11.9 Å². The minimum Gasteiger partial charge on any atom is -0.481 e. The lowest BCUT2D eigenvalue weighted by Crippen LogP contribution is -2.12. The van der Waals surface area contributed by atoms with Crippen molar-refractivity contribution in [3.05, 3.63) is 10.4 Å². The summed E-state index contributed by atoms with van der Waals surface area (Å²) in [5.74, 6) is -1.37. The summed E-state index contributed by atoms with van der Waals surface area (Å²) in [6.07, 6.45) is 0.314. The van der Waals surface area contributed by atoms with Crippen molar-refractivity contribution in [1.29, 1.82) is 0 Å². The molecule has 0 radical (unpaired) electrons.